The molecular formula is C10H9BrN2O. The second kappa shape index (κ2) is 3.53. The summed E-state index contributed by atoms with van der Waals surface area (Å²) in [6.07, 6.45) is 4.09. The van der Waals surface area contributed by atoms with Gasteiger partial charge < -0.3 is 4.40 Å². The summed E-state index contributed by atoms with van der Waals surface area (Å²) in [6.45, 7) is 1.59. The fraction of sp³-hybridized carbons (Fsp3) is 0.200. The third-order valence-electron chi connectivity index (χ3n) is 2.04. The molecule has 0 aliphatic carbocycles. The molecule has 0 aliphatic rings. The van der Waals surface area contributed by atoms with Crippen LogP contribution in [0.4, 0.5) is 0 Å². The van der Waals surface area contributed by atoms with E-state index in [2.05, 4.69) is 20.9 Å². The average Bonchev–Trinajstić information content (AvgIpc) is 2.48. The van der Waals surface area contributed by atoms with E-state index in [-0.39, 0.29) is 5.78 Å². The van der Waals surface area contributed by atoms with Crippen LogP contribution in [0.1, 0.15) is 12.5 Å². The van der Waals surface area contributed by atoms with Crippen molar-refractivity contribution in [3.8, 4) is 0 Å². The fourth-order valence-corrected chi connectivity index (χ4v) is 2.04. The minimum Gasteiger partial charge on any atom is -0.305 e. The number of hydrogen-bond donors (Lipinski definition) is 0. The summed E-state index contributed by atoms with van der Waals surface area (Å²) in [4.78, 5) is 15.2. The van der Waals surface area contributed by atoms with Crippen LogP contribution in [-0.4, -0.2) is 15.2 Å². The van der Waals surface area contributed by atoms with E-state index in [4.69, 9.17) is 0 Å². The van der Waals surface area contributed by atoms with Gasteiger partial charge in [-0.3, -0.25) is 4.79 Å². The summed E-state index contributed by atoms with van der Waals surface area (Å²) in [6, 6.07) is 3.86. The van der Waals surface area contributed by atoms with Crippen LogP contribution in [0.15, 0.2) is 29.3 Å². The maximum absolute atomic E-state index is 11.0. The molecule has 14 heavy (non-hydrogen) atoms. The molecule has 0 atom stereocenters. The first-order chi connectivity index (χ1) is 6.68. The number of carbonyl (C=O) groups excluding carboxylic acids is 1. The number of pyridine rings is 1. The van der Waals surface area contributed by atoms with Gasteiger partial charge in [0.2, 0.25) is 0 Å². The number of hydrogen-bond acceptors (Lipinski definition) is 2. The molecule has 4 heteroatoms. The Morgan fingerprint density at radius 3 is 3.14 bits per heavy atom. The molecule has 2 heterocycles. The Morgan fingerprint density at radius 2 is 2.43 bits per heavy atom. The lowest BCUT2D eigenvalue weighted by Gasteiger charge is -2.01. The smallest absolute Gasteiger partial charge is 0.134 e. The summed E-state index contributed by atoms with van der Waals surface area (Å²) >= 11 is 3.36. The van der Waals surface area contributed by atoms with Crippen molar-refractivity contribution in [2.75, 3.05) is 0 Å². The highest BCUT2D eigenvalue weighted by atomic mass is 79.9. The van der Waals surface area contributed by atoms with Crippen molar-refractivity contribution in [1.29, 1.82) is 0 Å². The van der Waals surface area contributed by atoms with Crippen LogP contribution in [0.25, 0.3) is 5.52 Å². The molecule has 0 bridgehead atoms. The average molecular weight is 253 g/mol. The number of aromatic nitrogens is 2. The van der Waals surface area contributed by atoms with Gasteiger partial charge in [0.15, 0.2) is 0 Å². The highest BCUT2D eigenvalue weighted by Gasteiger charge is 2.07. The lowest BCUT2D eigenvalue weighted by atomic mass is 10.1. The van der Waals surface area contributed by atoms with Crippen LogP contribution < -0.4 is 0 Å². The summed E-state index contributed by atoms with van der Waals surface area (Å²) in [5, 5.41) is 0. The maximum Gasteiger partial charge on any atom is 0.134 e. The van der Waals surface area contributed by atoms with E-state index in [9.17, 15) is 4.79 Å². The molecule has 0 unspecified atom stereocenters. The van der Waals surface area contributed by atoms with Crippen LogP contribution in [0.3, 0.4) is 0 Å². The van der Waals surface area contributed by atoms with Crippen molar-refractivity contribution >= 4 is 27.2 Å². The lowest BCUT2D eigenvalue weighted by Crippen LogP contribution is -1.98. The van der Waals surface area contributed by atoms with Crippen molar-refractivity contribution in [2.45, 2.75) is 13.3 Å². The largest absolute Gasteiger partial charge is 0.305 e. The first-order valence-electron chi connectivity index (χ1n) is 4.28. The number of carbonyl (C=O) groups is 1. The van der Waals surface area contributed by atoms with Crippen LogP contribution in [0.5, 0.6) is 0 Å². The Bertz CT molecular complexity index is 490. The highest BCUT2D eigenvalue weighted by molar-refractivity contribution is 9.10. The number of fused-ring (bicyclic) bond motifs is 1. The van der Waals surface area contributed by atoms with Crippen molar-refractivity contribution in [1.82, 2.24) is 9.38 Å². The topological polar surface area (TPSA) is 34.4 Å². The molecule has 0 radical (unpaired) electrons. The van der Waals surface area contributed by atoms with Crippen molar-refractivity contribution in [2.24, 2.45) is 0 Å². The van der Waals surface area contributed by atoms with Crippen LogP contribution in [0.2, 0.25) is 0 Å². The number of nitrogens with zero attached hydrogens (tertiary/aromatic N) is 2. The van der Waals surface area contributed by atoms with Crippen LogP contribution in [-0.2, 0) is 11.2 Å². The van der Waals surface area contributed by atoms with Gasteiger partial charge in [0, 0.05) is 12.6 Å². The molecule has 0 aliphatic heterocycles. The number of imidazole rings is 1. The van der Waals surface area contributed by atoms with Crippen LogP contribution >= 0.6 is 15.9 Å². The Balaban J connectivity index is 2.63. The van der Waals surface area contributed by atoms with E-state index < -0.39 is 0 Å². The van der Waals surface area contributed by atoms with Gasteiger partial charge in [-0.15, -0.1) is 0 Å². The molecule has 2 aromatic rings. The Kier molecular flexibility index (Phi) is 2.37. The van der Waals surface area contributed by atoms with E-state index in [1.165, 1.54) is 0 Å². The number of halogens is 1. The second-order valence-corrected chi connectivity index (χ2v) is 3.95. The first-order valence-corrected chi connectivity index (χ1v) is 5.07. The normalized spacial score (nSPS) is 10.7. The molecule has 0 aromatic carbocycles. The summed E-state index contributed by atoms with van der Waals surface area (Å²) in [5.41, 5.74) is 1.98. The third kappa shape index (κ3) is 1.57. The van der Waals surface area contributed by atoms with Gasteiger partial charge >= 0.3 is 0 Å². The van der Waals surface area contributed by atoms with E-state index in [1.54, 1.807) is 13.3 Å². The minimum atomic E-state index is 0.159. The predicted molar refractivity (Wildman–Crippen MR) is 57.3 cm³/mol. The van der Waals surface area contributed by atoms with E-state index in [0.717, 1.165) is 15.7 Å². The van der Waals surface area contributed by atoms with E-state index >= 15 is 0 Å². The first kappa shape index (κ1) is 9.40. The maximum atomic E-state index is 11.0. The molecule has 72 valence electrons. The number of Topliss-reactive ketones (excluding diaryl/α,β-unsaturated/α-hetero) is 1. The molecular weight excluding hydrogens is 244 g/mol. The Morgan fingerprint density at radius 1 is 1.64 bits per heavy atom. The van der Waals surface area contributed by atoms with E-state index in [0.29, 0.717) is 6.42 Å². The zero-order chi connectivity index (χ0) is 10.1. The van der Waals surface area contributed by atoms with Gasteiger partial charge in [0.25, 0.3) is 0 Å². The Labute approximate surface area is 89.9 Å². The molecule has 0 saturated heterocycles. The van der Waals surface area contributed by atoms with Gasteiger partial charge in [-0.25, -0.2) is 4.98 Å². The van der Waals surface area contributed by atoms with Crippen LogP contribution in [0, 0.1) is 0 Å². The molecule has 0 amide bonds. The second-order valence-electron chi connectivity index (χ2n) is 3.20. The van der Waals surface area contributed by atoms with Gasteiger partial charge in [-0.05, 0) is 34.5 Å². The van der Waals surface area contributed by atoms with Gasteiger partial charge in [-0.1, -0.05) is 6.07 Å². The van der Waals surface area contributed by atoms with Crippen molar-refractivity contribution in [3.63, 3.8) is 0 Å². The summed E-state index contributed by atoms with van der Waals surface area (Å²) in [5.74, 6) is 0.159. The quantitative estimate of drug-likeness (QED) is 0.822. The third-order valence-corrected chi connectivity index (χ3v) is 2.62. The fourth-order valence-electron chi connectivity index (χ4n) is 1.49. The minimum absolute atomic E-state index is 0.159. The lowest BCUT2D eigenvalue weighted by molar-refractivity contribution is -0.116. The van der Waals surface area contributed by atoms with Crippen molar-refractivity contribution < 1.29 is 4.79 Å². The zero-order valence-corrected chi connectivity index (χ0v) is 9.28. The molecule has 0 fully saturated rings. The summed E-state index contributed by atoms with van der Waals surface area (Å²) < 4.78 is 2.69. The highest BCUT2D eigenvalue weighted by Crippen LogP contribution is 2.20. The SMILES string of the molecule is CC(=O)Cc1cccn2cnc(Br)c12. The number of ketones is 1. The van der Waals surface area contributed by atoms with E-state index in [1.807, 2.05) is 22.7 Å². The molecule has 2 rings (SSSR count). The zero-order valence-electron chi connectivity index (χ0n) is 7.70. The molecule has 0 N–H and O–H groups in total. The predicted octanol–water partition coefficient (Wildman–Crippen LogP) is 2.23. The Hall–Kier alpha value is -1.16. The van der Waals surface area contributed by atoms with Gasteiger partial charge in [0.05, 0.1) is 5.52 Å². The van der Waals surface area contributed by atoms with Gasteiger partial charge in [-0.2, -0.15) is 0 Å². The van der Waals surface area contributed by atoms with Gasteiger partial charge in [0.1, 0.15) is 16.7 Å². The molecule has 2 aromatic heterocycles. The molecule has 3 nitrogen and oxygen atoms in total. The standard InChI is InChI=1S/C10H9BrN2O/c1-7(14)5-8-3-2-4-13-6-12-10(11)9(8)13/h2-4,6H,5H2,1H3. The summed E-state index contributed by atoms with van der Waals surface area (Å²) in [7, 11) is 0. The van der Waals surface area contributed by atoms with Crippen molar-refractivity contribution in [3.05, 3.63) is 34.8 Å². The molecule has 0 saturated carbocycles. The monoisotopic (exact) mass is 252 g/mol. The number of rotatable bonds is 2. The molecule has 0 spiro atoms.